The van der Waals surface area contributed by atoms with Crippen LogP contribution in [0, 0.1) is 11.7 Å². The first-order chi connectivity index (χ1) is 14.6. The van der Waals surface area contributed by atoms with Gasteiger partial charge in [0, 0.05) is 30.3 Å². The highest BCUT2D eigenvalue weighted by atomic mass is 19.1. The first kappa shape index (κ1) is 20.6. The zero-order chi connectivity index (χ0) is 20.9. The van der Waals surface area contributed by atoms with Crippen LogP contribution in [0.3, 0.4) is 0 Å². The topological polar surface area (TPSA) is 49.4 Å². The number of fused-ring (bicyclic) bond motifs is 1. The van der Waals surface area contributed by atoms with Crippen molar-refractivity contribution in [3.63, 3.8) is 0 Å². The molecule has 1 aliphatic carbocycles. The molecular weight excluding hydrogens is 379 g/mol. The molecule has 158 valence electrons. The Labute approximate surface area is 177 Å². The van der Waals surface area contributed by atoms with E-state index in [4.69, 9.17) is 0 Å². The fourth-order valence-corrected chi connectivity index (χ4v) is 4.92. The van der Waals surface area contributed by atoms with Crippen molar-refractivity contribution in [3.05, 3.63) is 71.0 Å². The van der Waals surface area contributed by atoms with Crippen molar-refractivity contribution in [1.82, 2.24) is 10.2 Å². The highest BCUT2D eigenvalue weighted by molar-refractivity contribution is 5.98. The van der Waals surface area contributed by atoms with E-state index in [1.807, 2.05) is 0 Å². The van der Waals surface area contributed by atoms with Crippen LogP contribution in [0.2, 0.25) is 0 Å². The van der Waals surface area contributed by atoms with E-state index in [1.165, 1.54) is 31.7 Å². The van der Waals surface area contributed by atoms with Crippen LogP contribution in [0.25, 0.3) is 0 Å². The number of likely N-dealkylation sites (tertiary alicyclic amines) is 1. The number of halogens is 1. The summed E-state index contributed by atoms with van der Waals surface area (Å²) < 4.78 is 13.7. The molecule has 2 aromatic carbocycles. The Hall–Kier alpha value is -2.69. The molecule has 1 saturated heterocycles. The number of nitrogens with one attached hydrogen (secondary N) is 1. The van der Waals surface area contributed by atoms with Crippen molar-refractivity contribution in [1.29, 1.82) is 0 Å². The molecule has 2 fully saturated rings. The van der Waals surface area contributed by atoms with Crippen LogP contribution in [-0.2, 0) is 6.42 Å². The number of nitrogens with zero attached hydrogens (tertiary/aromatic N) is 1. The van der Waals surface area contributed by atoms with Gasteiger partial charge in [0.2, 0.25) is 0 Å². The summed E-state index contributed by atoms with van der Waals surface area (Å²) >= 11 is 0. The van der Waals surface area contributed by atoms with Crippen LogP contribution < -0.4 is 5.32 Å². The van der Waals surface area contributed by atoms with Crippen LogP contribution in [-0.4, -0.2) is 35.8 Å². The number of carbonyl (C=O) groups excluding carboxylic acids is 2. The van der Waals surface area contributed by atoms with Crippen LogP contribution in [0.15, 0.2) is 48.5 Å². The molecule has 4 nitrogen and oxygen atoms in total. The van der Waals surface area contributed by atoms with Crippen molar-refractivity contribution < 1.29 is 14.0 Å². The maximum atomic E-state index is 13.7. The van der Waals surface area contributed by atoms with Gasteiger partial charge >= 0.3 is 0 Å². The lowest BCUT2D eigenvalue weighted by atomic mass is 9.78. The van der Waals surface area contributed by atoms with Gasteiger partial charge in [-0.25, -0.2) is 4.39 Å². The second-order valence-corrected chi connectivity index (χ2v) is 8.43. The Morgan fingerprint density at radius 2 is 1.63 bits per heavy atom. The van der Waals surface area contributed by atoms with Gasteiger partial charge in [-0.1, -0.05) is 31.0 Å². The van der Waals surface area contributed by atoms with Crippen LogP contribution in [0.1, 0.15) is 64.8 Å². The van der Waals surface area contributed by atoms with E-state index in [2.05, 4.69) is 10.2 Å². The monoisotopic (exact) mass is 408 g/mol. The molecule has 0 radical (unpaired) electrons. The zero-order valence-corrected chi connectivity index (χ0v) is 17.3. The second kappa shape index (κ2) is 9.41. The number of hydrogen-bond acceptors (Lipinski definition) is 2. The lowest BCUT2D eigenvalue weighted by molar-refractivity contribution is 0.0390. The van der Waals surface area contributed by atoms with Gasteiger partial charge in [0.1, 0.15) is 5.82 Å². The number of amides is 2. The van der Waals surface area contributed by atoms with E-state index in [1.54, 1.807) is 42.5 Å². The predicted octanol–water partition coefficient (Wildman–Crippen LogP) is 4.59. The molecule has 0 bridgehead atoms. The molecular formula is C25H29FN2O2. The predicted molar refractivity (Wildman–Crippen MR) is 115 cm³/mol. The summed E-state index contributed by atoms with van der Waals surface area (Å²) in [5.74, 6) is 0.261. The summed E-state index contributed by atoms with van der Waals surface area (Å²) in [4.78, 5) is 27.5. The maximum Gasteiger partial charge on any atom is 0.254 e. The molecule has 2 atom stereocenters. The zero-order valence-electron chi connectivity index (χ0n) is 17.3. The van der Waals surface area contributed by atoms with Gasteiger partial charge in [0.15, 0.2) is 0 Å². The molecule has 1 heterocycles. The van der Waals surface area contributed by atoms with Gasteiger partial charge < -0.3 is 10.2 Å². The Bertz CT molecular complexity index is 894. The molecule has 2 amide bonds. The van der Waals surface area contributed by atoms with Crippen molar-refractivity contribution >= 4 is 11.8 Å². The van der Waals surface area contributed by atoms with E-state index in [0.29, 0.717) is 41.6 Å². The molecule has 2 aliphatic rings. The van der Waals surface area contributed by atoms with Gasteiger partial charge in [0.05, 0.1) is 0 Å². The quantitative estimate of drug-likeness (QED) is 0.787. The van der Waals surface area contributed by atoms with E-state index in [9.17, 15) is 14.0 Å². The first-order valence-corrected chi connectivity index (χ1v) is 11.1. The maximum absolute atomic E-state index is 13.7. The van der Waals surface area contributed by atoms with Gasteiger partial charge in [0.25, 0.3) is 11.8 Å². The molecule has 30 heavy (non-hydrogen) atoms. The molecule has 0 spiro atoms. The van der Waals surface area contributed by atoms with E-state index in [-0.39, 0.29) is 17.6 Å². The van der Waals surface area contributed by atoms with Crippen LogP contribution >= 0.6 is 0 Å². The SMILES string of the molecule is O=C(NCCc1ccccc1F)c1ccc(C(=O)N2CCCC3CCCCC32)cc1. The van der Waals surface area contributed by atoms with Gasteiger partial charge in [-0.15, -0.1) is 0 Å². The highest BCUT2D eigenvalue weighted by Gasteiger charge is 2.35. The Kier molecular flexibility index (Phi) is 6.46. The third kappa shape index (κ3) is 4.55. The summed E-state index contributed by atoms with van der Waals surface area (Å²) in [6, 6.07) is 13.9. The highest BCUT2D eigenvalue weighted by Crippen LogP contribution is 2.35. The molecule has 4 rings (SSSR count). The number of carbonyl (C=O) groups is 2. The molecule has 1 aliphatic heterocycles. The van der Waals surface area contributed by atoms with E-state index < -0.39 is 0 Å². The van der Waals surface area contributed by atoms with E-state index in [0.717, 1.165) is 19.4 Å². The van der Waals surface area contributed by atoms with Gasteiger partial charge in [-0.2, -0.15) is 0 Å². The summed E-state index contributed by atoms with van der Waals surface area (Å²) in [5, 5.41) is 2.82. The average Bonchev–Trinajstić information content (AvgIpc) is 2.79. The minimum absolute atomic E-state index is 0.0816. The fourth-order valence-electron chi connectivity index (χ4n) is 4.92. The van der Waals surface area contributed by atoms with Crippen molar-refractivity contribution in [2.24, 2.45) is 5.92 Å². The Morgan fingerprint density at radius 3 is 2.43 bits per heavy atom. The molecule has 0 aromatic heterocycles. The summed E-state index contributed by atoms with van der Waals surface area (Å²) in [6.07, 6.45) is 7.59. The first-order valence-electron chi connectivity index (χ1n) is 11.1. The minimum atomic E-state index is -0.257. The molecule has 1 saturated carbocycles. The Morgan fingerprint density at radius 1 is 0.933 bits per heavy atom. The minimum Gasteiger partial charge on any atom is -0.352 e. The summed E-state index contributed by atoms with van der Waals surface area (Å²) in [7, 11) is 0. The number of piperidine rings is 1. The summed E-state index contributed by atoms with van der Waals surface area (Å²) in [6.45, 7) is 1.19. The van der Waals surface area contributed by atoms with Gasteiger partial charge in [-0.05, 0) is 73.9 Å². The molecule has 2 aromatic rings. The lowest BCUT2D eigenvalue weighted by Gasteiger charge is -2.44. The third-order valence-electron chi connectivity index (χ3n) is 6.54. The number of rotatable bonds is 5. The third-order valence-corrected chi connectivity index (χ3v) is 6.54. The van der Waals surface area contributed by atoms with Crippen LogP contribution in [0.5, 0.6) is 0 Å². The van der Waals surface area contributed by atoms with Gasteiger partial charge in [-0.3, -0.25) is 9.59 Å². The van der Waals surface area contributed by atoms with Crippen molar-refractivity contribution in [3.8, 4) is 0 Å². The normalized spacial score (nSPS) is 21.0. The molecule has 1 N–H and O–H groups in total. The molecule has 5 heteroatoms. The van der Waals surface area contributed by atoms with E-state index >= 15 is 0 Å². The Balaban J connectivity index is 1.34. The smallest absolute Gasteiger partial charge is 0.254 e. The van der Waals surface area contributed by atoms with Crippen molar-refractivity contribution in [2.45, 2.75) is 51.0 Å². The molecule has 2 unspecified atom stereocenters. The average molecular weight is 409 g/mol. The number of benzene rings is 2. The van der Waals surface area contributed by atoms with Crippen molar-refractivity contribution in [2.75, 3.05) is 13.1 Å². The summed E-state index contributed by atoms with van der Waals surface area (Å²) in [5.41, 5.74) is 1.74. The standard InChI is InChI=1S/C25H29FN2O2/c26-22-9-3-1-6-18(22)15-16-27-24(29)20-11-13-21(14-12-20)25(30)28-17-5-8-19-7-2-4-10-23(19)28/h1,3,6,9,11-14,19,23H,2,4-5,7-8,10,15-17H2,(H,27,29). The largest absolute Gasteiger partial charge is 0.352 e. The fraction of sp³-hybridized carbons (Fsp3) is 0.440. The number of hydrogen-bond donors (Lipinski definition) is 1. The van der Waals surface area contributed by atoms with Crippen LogP contribution in [0.4, 0.5) is 4.39 Å². The second-order valence-electron chi connectivity index (χ2n) is 8.43. The lowest BCUT2D eigenvalue weighted by Crippen LogP contribution is -2.49.